The summed E-state index contributed by atoms with van der Waals surface area (Å²) in [5, 5.41) is 8.50. The molecule has 120 valence electrons. The number of hydrogen-bond donors (Lipinski definition) is 4. The zero-order valence-corrected chi connectivity index (χ0v) is 13.4. The second kappa shape index (κ2) is 8.71. The second-order valence-corrected chi connectivity index (χ2v) is 5.46. The summed E-state index contributed by atoms with van der Waals surface area (Å²) < 4.78 is 0. The van der Waals surface area contributed by atoms with Gasteiger partial charge in [0.15, 0.2) is 5.96 Å². The molecule has 0 unspecified atom stereocenters. The lowest BCUT2D eigenvalue weighted by Gasteiger charge is -2.10. The monoisotopic (exact) mass is 303 g/mol. The molecule has 0 aromatic heterocycles. The van der Waals surface area contributed by atoms with Crippen LogP contribution in [0.5, 0.6) is 0 Å². The molecule has 0 fully saturated rings. The van der Waals surface area contributed by atoms with Gasteiger partial charge in [-0.1, -0.05) is 24.3 Å². The molecule has 5 N–H and O–H groups in total. The number of nitrogens with zero attached hydrogens (tertiary/aromatic N) is 1. The maximum Gasteiger partial charge on any atom is 0.319 e. The average molecular weight is 303 g/mol. The highest BCUT2D eigenvalue weighted by atomic mass is 16.2. The van der Waals surface area contributed by atoms with Crippen LogP contribution < -0.4 is 21.7 Å². The van der Waals surface area contributed by atoms with Gasteiger partial charge in [-0.2, -0.15) is 0 Å². The van der Waals surface area contributed by atoms with Crippen molar-refractivity contribution in [2.75, 3.05) is 11.9 Å². The van der Waals surface area contributed by atoms with E-state index in [4.69, 9.17) is 5.73 Å². The first-order valence-corrected chi connectivity index (χ1v) is 7.21. The number of rotatable bonds is 6. The smallest absolute Gasteiger partial charge is 0.319 e. The number of guanidine groups is 1. The molecular formula is C16H25N5O. The summed E-state index contributed by atoms with van der Waals surface area (Å²) in [6.45, 7) is 10.6. The van der Waals surface area contributed by atoms with Crippen molar-refractivity contribution in [2.45, 2.75) is 33.4 Å². The van der Waals surface area contributed by atoms with Gasteiger partial charge >= 0.3 is 6.03 Å². The van der Waals surface area contributed by atoms with Gasteiger partial charge in [-0.05, 0) is 38.5 Å². The van der Waals surface area contributed by atoms with Crippen LogP contribution in [-0.2, 0) is 6.54 Å². The lowest BCUT2D eigenvalue weighted by atomic mass is 10.2. The lowest BCUT2D eigenvalue weighted by molar-refractivity contribution is 0.250. The molecule has 1 aromatic carbocycles. The summed E-state index contributed by atoms with van der Waals surface area (Å²) in [7, 11) is 0. The molecule has 0 spiro atoms. The Balaban J connectivity index is 2.49. The first kappa shape index (κ1) is 17.6. The van der Waals surface area contributed by atoms with E-state index in [0.717, 1.165) is 16.8 Å². The minimum atomic E-state index is -0.214. The molecule has 0 aliphatic carbocycles. The Hall–Kier alpha value is -2.50. The molecule has 0 radical (unpaired) electrons. The highest BCUT2D eigenvalue weighted by molar-refractivity contribution is 5.89. The van der Waals surface area contributed by atoms with E-state index < -0.39 is 0 Å². The number of anilines is 1. The Morgan fingerprint density at radius 2 is 1.95 bits per heavy atom. The fourth-order valence-corrected chi connectivity index (χ4v) is 1.60. The van der Waals surface area contributed by atoms with Gasteiger partial charge in [0.1, 0.15) is 0 Å². The van der Waals surface area contributed by atoms with E-state index in [1.807, 2.05) is 45.0 Å². The third kappa shape index (κ3) is 7.33. The summed E-state index contributed by atoms with van der Waals surface area (Å²) in [5.74, 6) is 0.390. The molecule has 0 aliphatic heterocycles. The molecule has 1 aromatic rings. The lowest BCUT2D eigenvalue weighted by Crippen LogP contribution is -2.34. The molecule has 0 heterocycles. The molecule has 0 bridgehead atoms. The Labute approximate surface area is 131 Å². The van der Waals surface area contributed by atoms with Crippen molar-refractivity contribution in [3.63, 3.8) is 0 Å². The highest BCUT2D eigenvalue weighted by Gasteiger charge is 2.03. The highest BCUT2D eigenvalue weighted by Crippen LogP contribution is 2.10. The van der Waals surface area contributed by atoms with Crippen LogP contribution >= 0.6 is 0 Å². The molecule has 6 nitrogen and oxygen atoms in total. The van der Waals surface area contributed by atoms with E-state index in [2.05, 4.69) is 27.5 Å². The number of urea groups is 1. The molecule has 2 amide bonds. The number of nitrogens with one attached hydrogen (secondary N) is 3. The van der Waals surface area contributed by atoms with Crippen LogP contribution in [-0.4, -0.2) is 24.6 Å². The van der Waals surface area contributed by atoms with Gasteiger partial charge in [0.25, 0.3) is 0 Å². The van der Waals surface area contributed by atoms with Gasteiger partial charge in [-0.15, -0.1) is 0 Å². The largest absolute Gasteiger partial charge is 0.370 e. The number of aliphatic imine (C=N–C) groups is 1. The summed E-state index contributed by atoms with van der Waals surface area (Å²) in [6.07, 6.45) is 0. The van der Waals surface area contributed by atoms with Crippen molar-refractivity contribution in [3.05, 3.63) is 42.0 Å². The molecule has 0 saturated carbocycles. The topological polar surface area (TPSA) is 91.5 Å². The van der Waals surface area contributed by atoms with Gasteiger partial charge in [-0.25, -0.2) is 9.79 Å². The minimum Gasteiger partial charge on any atom is -0.370 e. The third-order valence-corrected chi connectivity index (χ3v) is 2.63. The number of benzene rings is 1. The van der Waals surface area contributed by atoms with Crippen LogP contribution in [0.25, 0.3) is 0 Å². The SMILES string of the molecule is C=C(C)CNC(N)=NCc1ccc(NC(=O)NC(C)C)cc1. The quantitative estimate of drug-likeness (QED) is 0.369. The summed E-state index contributed by atoms with van der Waals surface area (Å²) in [4.78, 5) is 15.8. The van der Waals surface area contributed by atoms with Gasteiger partial charge in [-0.3, -0.25) is 0 Å². The van der Waals surface area contributed by atoms with Crippen molar-refractivity contribution >= 4 is 17.7 Å². The molecule has 1 rings (SSSR count). The van der Waals surface area contributed by atoms with Crippen LogP contribution in [0.1, 0.15) is 26.3 Å². The van der Waals surface area contributed by atoms with Gasteiger partial charge in [0, 0.05) is 18.3 Å². The normalized spacial score (nSPS) is 11.2. The predicted octanol–water partition coefficient (Wildman–Crippen LogP) is 2.20. The molecular weight excluding hydrogens is 278 g/mol. The van der Waals surface area contributed by atoms with Crippen LogP contribution in [0.3, 0.4) is 0 Å². The standard InChI is InChI=1S/C16H25N5O/c1-11(2)9-18-15(17)19-10-13-5-7-14(8-6-13)21-16(22)20-12(3)4/h5-8,12H,1,9-10H2,2-4H3,(H3,17,18,19)(H2,20,21,22). The molecule has 0 saturated heterocycles. The number of carbonyl (C=O) groups is 1. The fourth-order valence-electron chi connectivity index (χ4n) is 1.60. The van der Waals surface area contributed by atoms with Gasteiger partial charge < -0.3 is 21.7 Å². The average Bonchev–Trinajstić information content (AvgIpc) is 2.43. The van der Waals surface area contributed by atoms with E-state index in [0.29, 0.717) is 19.0 Å². The van der Waals surface area contributed by atoms with Gasteiger partial charge in [0.05, 0.1) is 6.54 Å². The number of carbonyl (C=O) groups excluding carboxylic acids is 1. The van der Waals surface area contributed by atoms with E-state index >= 15 is 0 Å². The fraction of sp³-hybridized carbons (Fsp3) is 0.375. The maximum absolute atomic E-state index is 11.6. The molecule has 0 atom stereocenters. The van der Waals surface area contributed by atoms with Crippen molar-refractivity contribution < 1.29 is 4.79 Å². The second-order valence-electron chi connectivity index (χ2n) is 5.46. The Bertz CT molecular complexity index is 534. The van der Waals surface area contributed by atoms with E-state index in [-0.39, 0.29) is 12.1 Å². The van der Waals surface area contributed by atoms with Crippen LogP contribution in [0.2, 0.25) is 0 Å². The number of nitrogens with two attached hydrogens (primary N) is 1. The zero-order valence-electron chi connectivity index (χ0n) is 13.4. The maximum atomic E-state index is 11.6. The molecule has 6 heteroatoms. The Kier molecular flexibility index (Phi) is 6.95. The minimum absolute atomic E-state index is 0.100. The molecule has 0 aliphatic rings. The summed E-state index contributed by atoms with van der Waals surface area (Å²) >= 11 is 0. The summed E-state index contributed by atoms with van der Waals surface area (Å²) in [6, 6.07) is 7.36. The zero-order chi connectivity index (χ0) is 16.5. The van der Waals surface area contributed by atoms with E-state index in [1.54, 1.807) is 0 Å². The van der Waals surface area contributed by atoms with E-state index in [1.165, 1.54) is 0 Å². The van der Waals surface area contributed by atoms with Crippen molar-refractivity contribution in [3.8, 4) is 0 Å². The number of amides is 2. The van der Waals surface area contributed by atoms with Crippen LogP contribution in [0, 0.1) is 0 Å². The Morgan fingerprint density at radius 3 is 2.50 bits per heavy atom. The summed E-state index contributed by atoms with van der Waals surface area (Å²) in [5.41, 5.74) is 8.48. The number of hydrogen-bond acceptors (Lipinski definition) is 2. The van der Waals surface area contributed by atoms with Gasteiger partial charge in [0.2, 0.25) is 0 Å². The van der Waals surface area contributed by atoms with E-state index in [9.17, 15) is 4.79 Å². The van der Waals surface area contributed by atoms with Crippen LogP contribution in [0.15, 0.2) is 41.4 Å². The first-order valence-electron chi connectivity index (χ1n) is 7.21. The Morgan fingerprint density at radius 1 is 1.32 bits per heavy atom. The van der Waals surface area contributed by atoms with Crippen LogP contribution in [0.4, 0.5) is 10.5 Å². The van der Waals surface area contributed by atoms with Crippen molar-refractivity contribution in [1.82, 2.24) is 10.6 Å². The first-order chi connectivity index (χ1) is 10.4. The third-order valence-electron chi connectivity index (χ3n) is 2.63. The molecule has 22 heavy (non-hydrogen) atoms. The van der Waals surface area contributed by atoms with Crippen molar-refractivity contribution in [2.24, 2.45) is 10.7 Å². The predicted molar refractivity (Wildman–Crippen MR) is 91.9 cm³/mol. The van der Waals surface area contributed by atoms with Crippen molar-refractivity contribution in [1.29, 1.82) is 0 Å².